The molecule has 1 amide bonds. The zero-order chi connectivity index (χ0) is 17.3. The first-order valence-corrected chi connectivity index (χ1v) is 8.37. The molecule has 0 unspecified atom stereocenters. The Bertz CT molecular complexity index is 659. The molecule has 1 aliphatic heterocycles. The summed E-state index contributed by atoms with van der Waals surface area (Å²) in [5.41, 5.74) is 1.22. The molecule has 1 aliphatic rings. The summed E-state index contributed by atoms with van der Waals surface area (Å²) >= 11 is 0. The molecule has 1 saturated heterocycles. The number of pyridine rings is 1. The Hall–Kier alpha value is -2.58. The van der Waals surface area contributed by atoms with Gasteiger partial charge in [0.25, 0.3) is 5.91 Å². The molecular formula is C17H22N6O2. The van der Waals surface area contributed by atoms with Crippen LogP contribution in [0.3, 0.4) is 0 Å². The fraction of sp³-hybridized carbons (Fsp3) is 0.412. The lowest BCUT2D eigenvalue weighted by atomic mass is 10.3. The number of carbonyl (C=O) groups excluding carboxylic acids is 1. The van der Waals surface area contributed by atoms with Crippen LogP contribution in [0.2, 0.25) is 0 Å². The van der Waals surface area contributed by atoms with Gasteiger partial charge in [-0.3, -0.25) is 14.7 Å². The van der Waals surface area contributed by atoms with Crippen molar-refractivity contribution in [3.8, 4) is 0 Å². The molecule has 25 heavy (non-hydrogen) atoms. The maximum absolute atomic E-state index is 12.1. The van der Waals surface area contributed by atoms with Gasteiger partial charge in [0.2, 0.25) is 0 Å². The van der Waals surface area contributed by atoms with E-state index in [2.05, 4.69) is 30.7 Å². The second-order valence-corrected chi connectivity index (χ2v) is 5.69. The molecule has 1 fully saturated rings. The molecule has 2 aromatic rings. The Labute approximate surface area is 146 Å². The molecule has 0 radical (unpaired) electrons. The number of amides is 1. The van der Waals surface area contributed by atoms with Gasteiger partial charge in [0.1, 0.15) is 5.82 Å². The summed E-state index contributed by atoms with van der Waals surface area (Å²) in [5.74, 6) is 0.396. The van der Waals surface area contributed by atoms with Gasteiger partial charge in [0.15, 0.2) is 5.69 Å². The second-order valence-electron chi connectivity index (χ2n) is 5.69. The molecule has 2 N–H and O–H groups in total. The summed E-state index contributed by atoms with van der Waals surface area (Å²) in [5, 5.41) is 14.0. The highest BCUT2D eigenvalue weighted by molar-refractivity contribution is 5.92. The molecule has 0 aromatic carbocycles. The molecule has 0 atom stereocenters. The topological polar surface area (TPSA) is 92.3 Å². The molecular weight excluding hydrogens is 320 g/mol. The van der Waals surface area contributed by atoms with Crippen LogP contribution >= 0.6 is 0 Å². The molecule has 2 aromatic heterocycles. The Morgan fingerprint density at radius 1 is 1.16 bits per heavy atom. The fourth-order valence-electron chi connectivity index (χ4n) is 2.47. The van der Waals surface area contributed by atoms with Gasteiger partial charge in [-0.2, -0.15) is 0 Å². The first kappa shape index (κ1) is 17.2. The van der Waals surface area contributed by atoms with Gasteiger partial charge in [-0.25, -0.2) is 0 Å². The standard InChI is InChI=1S/C17H22N6O2/c24-17(19-7-8-23-9-11-25-12-10-23)15-4-5-16(22-21-15)20-13-14-3-1-2-6-18-14/h1-6H,7-13H2,(H,19,24)(H,20,22). The average molecular weight is 342 g/mol. The number of carbonyl (C=O) groups is 1. The summed E-state index contributed by atoms with van der Waals surface area (Å²) in [4.78, 5) is 18.6. The van der Waals surface area contributed by atoms with Crippen molar-refractivity contribution in [1.82, 2.24) is 25.4 Å². The minimum absolute atomic E-state index is 0.211. The minimum Gasteiger partial charge on any atom is -0.379 e. The molecule has 3 rings (SSSR count). The smallest absolute Gasteiger partial charge is 0.271 e. The molecule has 0 bridgehead atoms. The van der Waals surface area contributed by atoms with Crippen molar-refractivity contribution in [1.29, 1.82) is 0 Å². The fourth-order valence-corrected chi connectivity index (χ4v) is 2.47. The lowest BCUT2D eigenvalue weighted by molar-refractivity contribution is 0.0383. The zero-order valence-corrected chi connectivity index (χ0v) is 14.0. The van der Waals surface area contributed by atoms with Crippen LogP contribution in [0.15, 0.2) is 36.5 Å². The maximum atomic E-state index is 12.1. The van der Waals surface area contributed by atoms with Crippen LogP contribution in [-0.2, 0) is 11.3 Å². The Kier molecular flexibility index (Phi) is 6.24. The van der Waals surface area contributed by atoms with Gasteiger partial charge >= 0.3 is 0 Å². The normalized spacial score (nSPS) is 14.9. The van der Waals surface area contributed by atoms with Crippen LogP contribution in [0.5, 0.6) is 0 Å². The van der Waals surface area contributed by atoms with Crippen molar-refractivity contribution < 1.29 is 9.53 Å². The third-order valence-electron chi connectivity index (χ3n) is 3.89. The van der Waals surface area contributed by atoms with Gasteiger partial charge < -0.3 is 15.4 Å². The van der Waals surface area contributed by atoms with E-state index in [1.165, 1.54) is 0 Å². The van der Waals surface area contributed by atoms with Crippen molar-refractivity contribution >= 4 is 11.7 Å². The van der Waals surface area contributed by atoms with Gasteiger partial charge in [-0.15, -0.1) is 10.2 Å². The molecule has 0 spiro atoms. The van der Waals surface area contributed by atoms with E-state index in [1.54, 1.807) is 18.3 Å². The first-order chi connectivity index (χ1) is 12.3. The van der Waals surface area contributed by atoms with Crippen molar-refractivity contribution in [2.75, 3.05) is 44.7 Å². The van der Waals surface area contributed by atoms with Crippen LogP contribution in [0.25, 0.3) is 0 Å². The highest BCUT2D eigenvalue weighted by Gasteiger charge is 2.12. The first-order valence-electron chi connectivity index (χ1n) is 8.37. The molecule has 8 heteroatoms. The van der Waals surface area contributed by atoms with Crippen LogP contribution in [0, 0.1) is 0 Å². The predicted octanol–water partition coefficient (Wildman–Crippen LogP) is 0.546. The molecule has 0 aliphatic carbocycles. The van der Waals surface area contributed by atoms with Gasteiger partial charge in [0.05, 0.1) is 25.5 Å². The average Bonchev–Trinajstić information content (AvgIpc) is 2.68. The summed E-state index contributed by atoms with van der Waals surface area (Å²) < 4.78 is 5.30. The van der Waals surface area contributed by atoms with E-state index < -0.39 is 0 Å². The molecule has 8 nitrogen and oxygen atoms in total. The van der Waals surface area contributed by atoms with Crippen molar-refractivity contribution in [2.45, 2.75) is 6.54 Å². The van der Waals surface area contributed by atoms with E-state index in [1.807, 2.05) is 18.2 Å². The van der Waals surface area contributed by atoms with E-state index >= 15 is 0 Å². The monoisotopic (exact) mass is 342 g/mol. The predicted molar refractivity (Wildman–Crippen MR) is 93.2 cm³/mol. The lowest BCUT2D eigenvalue weighted by Gasteiger charge is -2.26. The van der Waals surface area contributed by atoms with Crippen LogP contribution in [0.4, 0.5) is 5.82 Å². The molecule has 0 saturated carbocycles. The minimum atomic E-state index is -0.211. The zero-order valence-electron chi connectivity index (χ0n) is 14.0. The highest BCUT2D eigenvalue weighted by atomic mass is 16.5. The summed E-state index contributed by atoms with van der Waals surface area (Å²) in [7, 11) is 0. The maximum Gasteiger partial charge on any atom is 0.271 e. The Morgan fingerprint density at radius 3 is 2.76 bits per heavy atom. The van der Waals surface area contributed by atoms with Crippen molar-refractivity contribution in [3.05, 3.63) is 47.9 Å². The number of nitrogens with one attached hydrogen (secondary N) is 2. The van der Waals surface area contributed by atoms with Crippen LogP contribution < -0.4 is 10.6 Å². The molecule has 132 valence electrons. The van der Waals surface area contributed by atoms with Crippen molar-refractivity contribution in [3.63, 3.8) is 0 Å². The largest absolute Gasteiger partial charge is 0.379 e. The van der Waals surface area contributed by atoms with Crippen LogP contribution in [-0.4, -0.2) is 65.4 Å². The third-order valence-corrected chi connectivity index (χ3v) is 3.89. The number of morpholine rings is 1. The number of aromatic nitrogens is 3. The summed E-state index contributed by atoms with van der Waals surface area (Å²) in [6.45, 7) is 5.28. The summed E-state index contributed by atoms with van der Waals surface area (Å²) in [6, 6.07) is 9.14. The number of rotatable bonds is 7. The number of ether oxygens (including phenoxy) is 1. The number of hydrogen-bond acceptors (Lipinski definition) is 7. The Morgan fingerprint density at radius 2 is 2.04 bits per heavy atom. The van der Waals surface area contributed by atoms with E-state index in [0.29, 0.717) is 24.6 Å². The SMILES string of the molecule is O=C(NCCN1CCOCC1)c1ccc(NCc2ccccn2)nn1. The Balaban J connectivity index is 1.42. The number of hydrogen-bond donors (Lipinski definition) is 2. The van der Waals surface area contributed by atoms with Crippen LogP contribution in [0.1, 0.15) is 16.2 Å². The third kappa shape index (κ3) is 5.47. The van der Waals surface area contributed by atoms with E-state index in [9.17, 15) is 4.79 Å². The second kappa shape index (κ2) is 9.05. The van der Waals surface area contributed by atoms with E-state index in [0.717, 1.165) is 38.5 Å². The van der Waals surface area contributed by atoms with Gasteiger partial charge in [0, 0.05) is 32.4 Å². The van der Waals surface area contributed by atoms with Gasteiger partial charge in [-0.05, 0) is 24.3 Å². The van der Waals surface area contributed by atoms with Crippen molar-refractivity contribution in [2.24, 2.45) is 0 Å². The summed E-state index contributed by atoms with van der Waals surface area (Å²) in [6.07, 6.45) is 1.74. The highest BCUT2D eigenvalue weighted by Crippen LogP contribution is 2.04. The van der Waals surface area contributed by atoms with E-state index in [-0.39, 0.29) is 5.91 Å². The molecule has 3 heterocycles. The lowest BCUT2D eigenvalue weighted by Crippen LogP contribution is -2.41. The number of anilines is 1. The quantitative estimate of drug-likeness (QED) is 0.759. The van der Waals surface area contributed by atoms with E-state index in [4.69, 9.17) is 4.74 Å². The number of nitrogens with zero attached hydrogens (tertiary/aromatic N) is 4. The van der Waals surface area contributed by atoms with Gasteiger partial charge in [-0.1, -0.05) is 6.07 Å².